The van der Waals surface area contributed by atoms with E-state index in [1.54, 1.807) is 24.3 Å². The van der Waals surface area contributed by atoms with Crippen LogP contribution in [0, 0.1) is 0 Å². The molecule has 1 aromatic heterocycles. The van der Waals surface area contributed by atoms with Crippen LogP contribution in [0.25, 0.3) is 11.1 Å². The van der Waals surface area contributed by atoms with Crippen LogP contribution in [0.3, 0.4) is 0 Å². The fraction of sp³-hybridized carbons (Fsp3) is 0.263. The maximum Gasteiger partial charge on any atom is 0.326 e. The molecule has 4 atom stereocenters. The smallest absolute Gasteiger partial charge is 0.326 e. The molecule has 0 unspecified atom stereocenters. The highest BCUT2D eigenvalue weighted by Crippen LogP contribution is 2.20. The van der Waals surface area contributed by atoms with Gasteiger partial charge < -0.3 is 31.7 Å². The van der Waals surface area contributed by atoms with Crippen LogP contribution in [-0.4, -0.2) is 64.8 Å². The number of carboxylic acid groups (broad SMARTS) is 1. The minimum absolute atomic E-state index is 0.0500. The van der Waals surface area contributed by atoms with Gasteiger partial charge in [-0.1, -0.05) is 72.8 Å². The van der Waals surface area contributed by atoms with Crippen LogP contribution in [0.5, 0.6) is 0 Å². The van der Waals surface area contributed by atoms with Gasteiger partial charge in [-0.15, -0.1) is 11.3 Å². The zero-order chi connectivity index (χ0) is 36.3. The van der Waals surface area contributed by atoms with Gasteiger partial charge in [0.05, 0.1) is 0 Å². The van der Waals surface area contributed by atoms with E-state index in [1.807, 2.05) is 72.1 Å². The molecule has 0 saturated heterocycles. The van der Waals surface area contributed by atoms with E-state index in [9.17, 15) is 33.9 Å². The molecule has 3 aromatic carbocycles. The van der Waals surface area contributed by atoms with Gasteiger partial charge >= 0.3 is 5.97 Å². The summed E-state index contributed by atoms with van der Waals surface area (Å²) in [6, 6.07) is 22.6. The Morgan fingerprint density at radius 3 is 2.00 bits per heavy atom. The van der Waals surface area contributed by atoms with Gasteiger partial charge in [0.2, 0.25) is 29.5 Å². The Kier molecular flexibility index (Phi) is 12.3. The second-order valence-electron chi connectivity index (χ2n) is 12.3. The average molecular weight is 710 g/mol. The molecule has 4 aromatic rings. The van der Waals surface area contributed by atoms with Gasteiger partial charge in [0.1, 0.15) is 24.2 Å². The summed E-state index contributed by atoms with van der Waals surface area (Å²) in [6.45, 7) is 1.42. The topological polar surface area (TPSA) is 183 Å². The first-order chi connectivity index (χ1) is 24.5. The lowest BCUT2D eigenvalue weighted by Gasteiger charge is -2.25. The molecule has 264 valence electrons. The highest BCUT2D eigenvalue weighted by Gasteiger charge is 2.30. The molecule has 0 saturated carbocycles. The second-order valence-corrected chi connectivity index (χ2v) is 13.3. The second kappa shape index (κ2) is 17.2. The highest BCUT2D eigenvalue weighted by molar-refractivity contribution is 7.09. The number of fused-ring (bicyclic) bond motifs is 18. The van der Waals surface area contributed by atoms with E-state index in [1.165, 1.54) is 18.3 Å². The Hall–Kier alpha value is -5.82. The lowest BCUT2D eigenvalue weighted by molar-refractivity contribution is -0.142. The van der Waals surface area contributed by atoms with Crippen LogP contribution in [0.1, 0.15) is 35.8 Å². The number of benzene rings is 3. The molecule has 5 amide bonds. The van der Waals surface area contributed by atoms with E-state index >= 15 is 0 Å². The molecule has 2 aliphatic rings. The third-order valence-electron chi connectivity index (χ3n) is 8.39. The third-order valence-corrected chi connectivity index (χ3v) is 9.29. The molecule has 2 bridgehead atoms. The van der Waals surface area contributed by atoms with Crippen LogP contribution >= 0.6 is 11.3 Å². The lowest BCUT2D eigenvalue weighted by atomic mass is 9.99. The summed E-state index contributed by atoms with van der Waals surface area (Å²) in [4.78, 5) is 79.4. The Balaban J connectivity index is 1.42. The SMILES string of the molecule is C[C@H]1NC(=O)[C@H](Cc2ccc(-c3ccccc3)cc2)NC(=O)[C@@H](Cc2cccs2)NC(=O)CCC(=O)Nc2ccc(cc2)C[C@@H](C(=O)O)NC1=O. The molecule has 51 heavy (non-hydrogen) atoms. The molecule has 2 aliphatic heterocycles. The number of amides is 5. The number of thiophene rings is 1. The van der Waals surface area contributed by atoms with Crippen molar-refractivity contribution in [2.24, 2.45) is 0 Å². The first kappa shape index (κ1) is 36.5. The van der Waals surface area contributed by atoms with Crippen LogP contribution in [0.15, 0.2) is 96.4 Å². The van der Waals surface area contributed by atoms with Gasteiger partial charge in [-0.2, -0.15) is 0 Å². The summed E-state index contributed by atoms with van der Waals surface area (Å²) < 4.78 is 0. The maximum absolute atomic E-state index is 13.9. The van der Waals surface area contributed by atoms with Crippen LogP contribution < -0.4 is 26.6 Å². The number of aliphatic carboxylic acids is 1. The Morgan fingerprint density at radius 1 is 0.686 bits per heavy atom. The van der Waals surface area contributed by atoms with Crippen LogP contribution in [0.2, 0.25) is 0 Å². The molecule has 13 heteroatoms. The van der Waals surface area contributed by atoms with E-state index in [2.05, 4.69) is 26.6 Å². The van der Waals surface area contributed by atoms with E-state index in [0.717, 1.165) is 21.6 Å². The zero-order valence-corrected chi connectivity index (χ0v) is 28.7. The summed E-state index contributed by atoms with van der Waals surface area (Å²) in [6.07, 6.45) is -0.214. The Labute approximate surface area is 299 Å². The number of anilines is 1. The minimum atomic E-state index is -1.31. The van der Waals surface area contributed by atoms with Crippen molar-refractivity contribution in [3.63, 3.8) is 0 Å². The van der Waals surface area contributed by atoms with Crippen molar-refractivity contribution in [3.8, 4) is 11.1 Å². The van der Waals surface area contributed by atoms with Crippen molar-refractivity contribution in [3.05, 3.63) is 112 Å². The van der Waals surface area contributed by atoms with E-state index in [4.69, 9.17) is 0 Å². The molecular formula is C38H39N5O7S. The number of nitrogens with one attached hydrogen (secondary N) is 5. The first-order valence-corrected chi connectivity index (χ1v) is 17.4. The molecule has 12 nitrogen and oxygen atoms in total. The highest BCUT2D eigenvalue weighted by atomic mass is 32.1. The molecule has 6 N–H and O–H groups in total. The largest absolute Gasteiger partial charge is 0.480 e. The van der Waals surface area contributed by atoms with E-state index in [0.29, 0.717) is 11.3 Å². The molecule has 3 heterocycles. The normalized spacial score (nSPS) is 20.9. The van der Waals surface area contributed by atoms with Crippen LogP contribution in [-0.2, 0) is 48.0 Å². The van der Waals surface area contributed by atoms with E-state index < -0.39 is 59.7 Å². The number of hydrogen-bond donors (Lipinski definition) is 6. The van der Waals surface area contributed by atoms with Gasteiger partial charge in [-0.05, 0) is 52.8 Å². The fourth-order valence-electron chi connectivity index (χ4n) is 5.57. The predicted molar refractivity (Wildman–Crippen MR) is 193 cm³/mol. The number of carbonyl (C=O) groups is 6. The summed E-state index contributed by atoms with van der Waals surface area (Å²) >= 11 is 1.40. The van der Waals surface area contributed by atoms with Crippen molar-refractivity contribution < 1.29 is 33.9 Å². The Morgan fingerprint density at radius 2 is 1.33 bits per heavy atom. The summed E-state index contributed by atoms with van der Waals surface area (Å²) in [5.41, 5.74) is 3.72. The summed E-state index contributed by atoms with van der Waals surface area (Å²) in [5.74, 6) is -4.25. The fourth-order valence-corrected chi connectivity index (χ4v) is 6.33. The van der Waals surface area contributed by atoms with Crippen molar-refractivity contribution in [2.75, 3.05) is 5.32 Å². The zero-order valence-electron chi connectivity index (χ0n) is 27.9. The van der Waals surface area contributed by atoms with E-state index in [-0.39, 0.29) is 32.1 Å². The maximum atomic E-state index is 13.9. The molecule has 6 rings (SSSR count). The number of carbonyl (C=O) groups excluding carboxylic acids is 5. The van der Waals surface area contributed by atoms with Crippen LogP contribution in [0.4, 0.5) is 5.69 Å². The minimum Gasteiger partial charge on any atom is -0.480 e. The molecule has 0 aliphatic carbocycles. The number of carboxylic acids is 1. The van der Waals surface area contributed by atoms with Gasteiger partial charge in [0.25, 0.3) is 0 Å². The summed E-state index contributed by atoms with van der Waals surface area (Å²) in [7, 11) is 0. The Bertz CT molecular complexity index is 1850. The predicted octanol–water partition coefficient (Wildman–Crippen LogP) is 3.22. The number of hydrogen-bond acceptors (Lipinski definition) is 7. The third kappa shape index (κ3) is 10.6. The van der Waals surface area contributed by atoms with Gasteiger partial charge in [0, 0.05) is 42.7 Å². The standard InChI is InChI=1S/C38H39N5O7S/c1-23-35(46)43-32(38(49)50)21-25-11-15-28(16-12-25)40-33(44)17-18-34(45)41-31(22-29-8-5-19-51-29)37(48)42-30(36(47)39-23)20-24-9-13-27(14-10-24)26-6-3-2-4-7-26/h2-16,19,23,30-32H,17-18,20-22H2,1H3,(H,39,47)(H,40,44)(H,41,45)(H,42,48)(H,43,46)(H,49,50)/t23-,30+,31-,32+/m1/s1. The number of rotatable bonds is 6. The van der Waals surface area contributed by atoms with Crippen molar-refractivity contribution in [2.45, 2.75) is 63.2 Å². The first-order valence-electron chi connectivity index (χ1n) is 16.5. The molecular weight excluding hydrogens is 671 g/mol. The lowest BCUT2D eigenvalue weighted by Crippen LogP contribution is -2.58. The van der Waals surface area contributed by atoms with Crippen molar-refractivity contribution in [1.29, 1.82) is 0 Å². The molecule has 0 radical (unpaired) electrons. The summed E-state index contributed by atoms with van der Waals surface area (Å²) in [5, 5.41) is 25.0. The van der Waals surface area contributed by atoms with Gasteiger partial charge in [-0.25, -0.2) is 4.79 Å². The quantitative estimate of drug-likeness (QED) is 0.166. The van der Waals surface area contributed by atoms with Crippen molar-refractivity contribution >= 4 is 52.5 Å². The molecule has 0 spiro atoms. The average Bonchev–Trinajstić information content (AvgIpc) is 3.64. The van der Waals surface area contributed by atoms with Gasteiger partial charge in [-0.3, -0.25) is 24.0 Å². The van der Waals surface area contributed by atoms with Crippen molar-refractivity contribution in [1.82, 2.24) is 21.3 Å². The molecule has 0 fully saturated rings. The van der Waals surface area contributed by atoms with Gasteiger partial charge in [0.15, 0.2) is 0 Å². The monoisotopic (exact) mass is 709 g/mol.